The lowest BCUT2D eigenvalue weighted by atomic mass is 10.1. The lowest BCUT2D eigenvalue weighted by Crippen LogP contribution is -2.21. The quantitative estimate of drug-likeness (QED) is 0.884. The van der Waals surface area contributed by atoms with Gasteiger partial charge in [-0.15, -0.1) is 11.3 Å². The summed E-state index contributed by atoms with van der Waals surface area (Å²) < 4.78 is 0. The minimum absolute atomic E-state index is 0.525. The van der Waals surface area contributed by atoms with E-state index in [2.05, 4.69) is 15.3 Å². The zero-order chi connectivity index (χ0) is 14.5. The molecule has 0 fully saturated rings. The minimum Gasteiger partial charge on any atom is -0.388 e. The number of aryl methyl sites for hydroxylation is 1. The van der Waals surface area contributed by atoms with Gasteiger partial charge in [-0.1, -0.05) is 29.8 Å². The van der Waals surface area contributed by atoms with Crippen LogP contribution in [0.1, 0.15) is 28.8 Å². The first kappa shape index (κ1) is 15.4. The first-order valence-corrected chi connectivity index (χ1v) is 7.84. The Kier molecular flexibility index (Phi) is 5.54. The van der Waals surface area contributed by atoms with Crippen LogP contribution < -0.4 is 0 Å². The molecule has 108 valence electrons. The van der Waals surface area contributed by atoms with E-state index in [1.807, 2.05) is 38.2 Å². The van der Waals surface area contributed by atoms with Gasteiger partial charge in [0.05, 0.1) is 16.8 Å². The standard InChI is InChI=1S/C15H19ClN2OS/c1-11-17-12(10-20-11)9-18(2)8-7-15(19)13-5-3-4-6-14(13)16/h3-6,10,15,19H,7-9H2,1-2H3. The van der Waals surface area contributed by atoms with Gasteiger partial charge >= 0.3 is 0 Å². The molecule has 1 N–H and O–H groups in total. The Bertz CT molecular complexity index is 558. The van der Waals surface area contributed by atoms with Crippen molar-refractivity contribution in [2.45, 2.75) is 26.0 Å². The van der Waals surface area contributed by atoms with Crippen molar-refractivity contribution in [3.05, 3.63) is 50.9 Å². The van der Waals surface area contributed by atoms with Crippen LogP contribution in [-0.2, 0) is 6.54 Å². The molecule has 1 unspecified atom stereocenters. The lowest BCUT2D eigenvalue weighted by Gasteiger charge is -2.18. The maximum atomic E-state index is 10.2. The van der Waals surface area contributed by atoms with E-state index in [0.29, 0.717) is 11.4 Å². The van der Waals surface area contributed by atoms with Crippen LogP contribution in [0.4, 0.5) is 0 Å². The summed E-state index contributed by atoms with van der Waals surface area (Å²) in [5.74, 6) is 0. The molecule has 0 aliphatic heterocycles. The highest BCUT2D eigenvalue weighted by Crippen LogP contribution is 2.25. The van der Waals surface area contributed by atoms with Gasteiger partial charge in [-0.2, -0.15) is 0 Å². The highest BCUT2D eigenvalue weighted by molar-refractivity contribution is 7.09. The molecule has 0 amide bonds. The molecule has 2 aromatic rings. The van der Waals surface area contributed by atoms with E-state index in [9.17, 15) is 5.11 Å². The number of nitrogens with zero attached hydrogens (tertiary/aromatic N) is 2. The Morgan fingerprint density at radius 2 is 2.15 bits per heavy atom. The number of halogens is 1. The van der Waals surface area contributed by atoms with Gasteiger partial charge in [0.15, 0.2) is 0 Å². The Balaban J connectivity index is 1.84. The first-order chi connectivity index (χ1) is 9.56. The predicted molar refractivity (Wildman–Crippen MR) is 84.2 cm³/mol. The smallest absolute Gasteiger partial charge is 0.0897 e. The topological polar surface area (TPSA) is 36.4 Å². The fraction of sp³-hybridized carbons (Fsp3) is 0.400. The van der Waals surface area contributed by atoms with E-state index in [4.69, 9.17) is 11.6 Å². The van der Waals surface area contributed by atoms with Crippen molar-refractivity contribution in [3.8, 4) is 0 Å². The minimum atomic E-state index is -0.525. The number of aliphatic hydroxyl groups is 1. The SMILES string of the molecule is Cc1nc(CN(C)CCC(O)c2ccccc2Cl)cs1. The fourth-order valence-electron chi connectivity index (χ4n) is 2.08. The third-order valence-corrected chi connectivity index (χ3v) is 4.31. The average molecular weight is 311 g/mol. The zero-order valence-corrected chi connectivity index (χ0v) is 13.3. The monoisotopic (exact) mass is 310 g/mol. The fourth-order valence-corrected chi connectivity index (χ4v) is 2.95. The summed E-state index contributed by atoms with van der Waals surface area (Å²) in [6.07, 6.45) is 0.131. The van der Waals surface area contributed by atoms with Gasteiger partial charge in [-0.05, 0) is 32.0 Å². The molecular formula is C15H19ClN2OS. The predicted octanol–water partition coefficient (Wildman–Crippen LogP) is 3.66. The van der Waals surface area contributed by atoms with Crippen LogP contribution in [0.15, 0.2) is 29.6 Å². The first-order valence-electron chi connectivity index (χ1n) is 6.58. The van der Waals surface area contributed by atoms with Crippen molar-refractivity contribution in [3.63, 3.8) is 0 Å². The Morgan fingerprint density at radius 3 is 2.80 bits per heavy atom. The van der Waals surface area contributed by atoms with Crippen LogP contribution in [0.5, 0.6) is 0 Å². The van der Waals surface area contributed by atoms with E-state index < -0.39 is 6.10 Å². The molecule has 5 heteroatoms. The molecule has 0 spiro atoms. The molecule has 1 heterocycles. The van der Waals surface area contributed by atoms with Gasteiger partial charge in [0, 0.05) is 23.5 Å². The van der Waals surface area contributed by atoms with E-state index in [-0.39, 0.29) is 0 Å². The Labute approximate surface area is 128 Å². The van der Waals surface area contributed by atoms with Crippen LogP contribution in [0.25, 0.3) is 0 Å². The van der Waals surface area contributed by atoms with E-state index in [1.54, 1.807) is 11.3 Å². The number of benzene rings is 1. The Hall–Kier alpha value is -0.940. The van der Waals surface area contributed by atoms with E-state index in [1.165, 1.54) is 0 Å². The van der Waals surface area contributed by atoms with Gasteiger partial charge in [0.1, 0.15) is 0 Å². The second-order valence-corrected chi connectivity index (χ2v) is 6.39. The van der Waals surface area contributed by atoms with Crippen molar-refractivity contribution in [2.24, 2.45) is 0 Å². The number of hydrogen-bond acceptors (Lipinski definition) is 4. The second-order valence-electron chi connectivity index (χ2n) is 4.92. The summed E-state index contributed by atoms with van der Waals surface area (Å²) in [6.45, 7) is 3.61. The van der Waals surface area contributed by atoms with Crippen molar-refractivity contribution >= 4 is 22.9 Å². The van der Waals surface area contributed by atoms with E-state index in [0.717, 1.165) is 29.4 Å². The van der Waals surface area contributed by atoms with Crippen LogP contribution >= 0.6 is 22.9 Å². The molecule has 0 aliphatic rings. The number of aromatic nitrogens is 1. The zero-order valence-electron chi connectivity index (χ0n) is 11.7. The molecule has 1 atom stereocenters. The molecule has 20 heavy (non-hydrogen) atoms. The lowest BCUT2D eigenvalue weighted by molar-refractivity contribution is 0.147. The maximum absolute atomic E-state index is 10.2. The molecule has 0 aliphatic carbocycles. The van der Waals surface area contributed by atoms with Crippen LogP contribution in [0, 0.1) is 6.92 Å². The summed E-state index contributed by atoms with van der Waals surface area (Å²) in [5, 5.41) is 14.0. The molecule has 1 aromatic heterocycles. The van der Waals surface area contributed by atoms with Gasteiger partial charge in [0.25, 0.3) is 0 Å². The third kappa shape index (κ3) is 4.28. The van der Waals surface area contributed by atoms with Gasteiger partial charge in [-0.3, -0.25) is 0 Å². The second kappa shape index (κ2) is 7.18. The highest BCUT2D eigenvalue weighted by Gasteiger charge is 2.12. The summed E-state index contributed by atoms with van der Waals surface area (Å²) in [6, 6.07) is 7.44. The number of aliphatic hydroxyl groups excluding tert-OH is 1. The van der Waals surface area contributed by atoms with Crippen molar-refractivity contribution < 1.29 is 5.11 Å². The molecule has 3 nitrogen and oxygen atoms in total. The summed E-state index contributed by atoms with van der Waals surface area (Å²) in [5.41, 5.74) is 1.88. The van der Waals surface area contributed by atoms with Gasteiger partial charge < -0.3 is 10.0 Å². The van der Waals surface area contributed by atoms with Crippen LogP contribution in [0.2, 0.25) is 5.02 Å². The summed E-state index contributed by atoms with van der Waals surface area (Å²) in [4.78, 5) is 6.60. The van der Waals surface area contributed by atoms with Crippen molar-refractivity contribution in [1.82, 2.24) is 9.88 Å². The van der Waals surface area contributed by atoms with Crippen LogP contribution in [0.3, 0.4) is 0 Å². The van der Waals surface area contributed by atoms with Crippen LogP contribution in [-0.4, -0.2) is 28.6 Å². The average Bonchev–Trinajstić information content (AvgIpc) is 2.82. The molecule has 0 bridgehead atoms. The molecule has 2 rings (SSSR count). The van der Waals surface area contributed by atoms with E-state index >= 15 is 0 Å². The van der Waals surface area contributed by atoms with Crippen molar-refractivity contribution in [1.29, 1.82) is 0 Å². The summed E-state index contributed by atoms with van der Waals surface area (Å²) >= 11 is 7.75. The number of thiazole rings is 1. The number of rotatable bonds is 6. The third-order valence-electron chi connectivity index (χ3n) is 3.15. The molecule has 0 saturated heterocycles. The van der Waals surface area contributed by atoms with Crippen molar-refractivity contribution in [2.75, 3.05) is 13.6 Å². The maximum Gasteiger partial charge on any atom is 0.0897 e. The molecule has 0 radical (unpaired) electrons. The van der Waals surface area contributed by atoms with Gasteiger partial charge in [0.2, 0.25) is 0 Å². The molecule has 0 saturated carbocycles. The Morgan fingerprint density at radius 1 is 1.40 bits per heavy atom. The normalized spacial score (nSPS) is 12.8. The largest absolute Gasteiger partial charge is 0.388 e. The highest BCUT2D eigenvalue weighted by atomic mass is 35.5. The van der Waals surface area contributed by atoms with Gasteiger partial charge in [-0.25, -0.2) is 4.98 Å². The molecular weight excluding hydrogens is 292 g/mol. The summed E-state index contributed by atoms with van der Waals surface area (Å²) in [7, 11) is 2.04. The molecule has 1 aromatic carbocycles. The number of hydrogen-bond donors (Lipinski definition) is 1.